The lowest BCUT2D eigenvalue weighted by atomic mass is 10.0. The average Bonchev–Trinajstić information content (AvgIpc) is 3.48. The highest BCUT2D eigenvalue weighted by Gasteiger charge is 2.16. The molecule has 1 aromatic carbocycles. The van der Waals surface area contributed by atoms with Crippen molar-refractivity contribution in [3.05, 3.63) is 84.7 Å². The molecular formula is C27H22FN7. The van der Waals surface area contributed by atoms with Crippen molar-refractivity contribution in [2.24, 2.45) is 0 Å². The van der Waals surface area contributed by atoms with Gasteiger partial charge < -0.3 is 9.88 Å². The number of rotatable bonds is 5. The number of nitrogens with one attached hydrogen (secondary N) is 2. The SMILES string of the molecule is CN(C)Cc1cncc(-c2ccc3[nH]nc(-c4cc5c(-c6ccc(F)cc6)cncc5[nH]4)c3n2)c1. The number of aromatic nitrogens is 6. The first-order valence-electron chi connectivity index (χ1n) is 11.2. The first kappa shape index (κ1) is 21.1. The van der Waals surface area contributed by atoms with E-state index in [1.54, 1.807) is 24.5 Å². The molecule has 0 atom stereocenters. The summed E-state index contributed by atoms with van der Waals surface area (Å²) >= 11 is 0. The zero-order valence-corrected chi connectivity index (χ0v) is 19.2. The predicted molar refractivity (Wildman–Crippen MR) is 135 cm³/mol. The molecule has 6 rings (SSSR count). The van der Waals surface area contributed by atoms with Gasteiger partial charge in [-0.15, -0.1) is 0 Å². The monoisotopic (exact) mass is 463 g/mol. The van der Waals surface area contributed by atoms with E-state index in [2.05, 4.69) is 36.1 Å². The molecule has 0 aliphatic rings. The maximum Gasteiger partial charge on any atom is 0.135 e. The maximum absolute atomic E-state index is 13.4. The minimum atomic E-state index is -0.268. The molecule has 0 fully saturated rings. The predicted octanol–water partition coefficient (Wildman–Crippen LogP) is 5.43. The van der Waals surface area contributed by atoms with Crippen molar-refractivity contribution in [2.45, 2.75) is 6.54 Å². The van der Waals surface area contributed by atoms with E-state index in [1.165, 1.54) is 12.1 Å². The van der Waals surface area contributed by atoms with Gasteiger partial charge in [-0.2, -0.15) is 5.10 Å². The summed E-state index contributed by atoms with van der Waals surface area (Å²) in [6.07, 6.45) is 7.28. The van der Waals surface area contributed by atoms with Crippen LogP contribution in [-0.2, 0) is 6.54 Å². The van der Waals surface area contributed by atoms with E-state index in [0.29, 0.717) is 0 Å². The van der Waals surface area contributed by atoms with Crippen LogP contribution in [0.5, 0.6) is 0 Å². The number of benzene rings is 1. The number of aromatic amines is 2. The molecule has 0 saturated heterocycles. The molecule has 0 saturated carbocycles. The van der Waals surface area contributed by atoms with Gasteiger partial charge in [-0.1, -0.05) is 12.1 Å². The number of fused-ring (bicyclic) bond motifs is 2. The Morgan fingerprint density at radius 3 is 2.51 bits per heavy atom. The minimum absolute atomic E-state index is 0.268. The fourth-order valence-corrected chi connectivity index (χ4v) is 4.36. The van der Waals surface area contributed by atoms with Gasteiger partial charge >= 0.3 is 0 Å². The molecule has 5 aromatic heterocycles. The smallest absolute Gasteiger partial charge is 0.135 e. The summed E-state index contributed by atoms with van der Waals surface area (Å²) in [6, 6.07) is 14.5. The lowest BCUT2D eigenvalue weighted by Gasteiger charge is -2.10. The van der Waals surface area contributed by atoms with Gasteiger partial charge in [0.25, 0.3) is 0 Å². The summed E-state index contributed by atoms with van der Waals surface area (Å²) in [5.41, 5.74) is 8.76. The highest BCUT2D eigenvalue weighted by Crippen LogP contribution is 2.33. The van der Waals surface area contributed by atoms with Crippen LogP contribution in [-0.4, -0.2) is 49.1 Å². The Kier molecular flexibility index (Phi) is 5.08. The molecule has 0 aliphatic carbocycles. The minimum Gasteiger partial charge on any atom is -0.352 e. The van der Waals surface area contributed by atoms with Gasteiger partial charge in [-0.3, -0.25) is 15.1 Å². The van der Waals surface area contributed by atoms with E-state index in [1.807, 2.05) is 44.7 Å². The Bertz CT molecular complexity index is 1670. The van der Waals surface area contributed by atoms with Crippen LogP contribution < -0.4 is 0 Å². The molecule has 8 heteroatoms. The van der Waals surface area contributed by atoms with Gasteiger partial charge in [0.05, 0.1) is 28.6 Å². The standard InChI is InChI=1S/C27H22FN7/c1-35(2)15-16-9-18(12-29-11-16)22-7-8-23-26(32-22)27(34-33-23)24-10-20-21(13-30-14-25(20)31-24)17-3-5-19(28)6-4-17/h3-14,31H,15H2,1-2H3,(H,33,34). The maximum atomic E-state index is 13.4. The number of hydrogen-bond donors (Lipinski definition) is 2. The second-order valence-electron chi connectivity index (χ2n) is 8.82. The Labute approximate surface area is 200 Å². The normalized spacial score (nSPS) is 11.7. The molecule has 172 valence electrons. The first-order valence-corrected chi connectivity index (χ1v) is 11.2. The average molecular weight is 464 g/mol. The highest BCUT2D eigenvalue weighted by molar-refractivity contribution is 5.99. The van der Waals surface area contributed by atoms with Crippen molar-refractivity contribution >= 4 is 21.9 Å². The molecule has 2 N–H and O–H groups in total. The summed E-state index contributed by atoms with van der Waals surface area (Å²) in [6.45, 7) is 0.805. The quantitative estimate of drug-likeness (QED) is 0.356. The van der Waals surface area contributed by atoms with Crippen molar-refractivity contribution in [2.75, 3.05) is 14.1 Å². The third kappa shape index (κ3) is 3.94. The van der Waals surface area contributed by atoms with Gasteiger partial charge in [-0.25, -0.2) is 9.37 Å². The van der Waals surface area contributed by atoms with Crippen molar-refractivity contribution in [1.82, 2.24) is 35.0 Å². The third-order valence-corrected chi connectivity index (χ3v) is 5.95. The van der Waals surface area contributed by atoms with E-state index in [-0.39, 0.29) is 5.82 Å². The van der Waals surface area contributed by atoms with E-state index < -0.39 is 0 Å². The van der Waals surface area contributed by atoms with Crippen LogP contribution in [0.4, 0.5) is 4.39 Å². The fraction of sp³-hybridized carbons (Fsp3) is 0.111. The van der Waals surface area contributed by atoms with E-state index in [9.17, 15) is 4.39 Å². The third-order valence-electron chi connectivity index (χ3n) is 5.95. The van der Waals surface area contributed by atoms with Crippen LogP contribution in [0, 0.1) is 5.82 Å². The largest absolute Gasteiger partial charge is 0.352 e. The molecule has 6 aromatic rings. The Morgan fingerprint density at radius 2 is 1.69 bits per heavy atom. The number of pyridine rings is 3. The topological polar surface area (TPSA) is 86.4 Å². The summed E-state index contributed by atoms with van der Waals surface area (Å²) in [4.78, 5) is 19.3. The van der Waals surface area contributed by atoms with Gasteiger partial charge in [0, 0.05) is 41.6 Å². The van der Waals surface area contributed by atoms with Crippen LogP contribution >= 0.6 is 0 Å². The Morgan fingerprint density at radius 1 is 0.857 bits per heavy atom. The Balaban J connectivity index is 1.44. The van der Waals surface area contributed by atoms with Gasteiger partial charge in [0.1, 0.15) is 17.0 Å². The van der Waals surface area contributed by atoms with E-state index in [4.69, 9.17) is 4.98 Å². The number of H-pyrrole nitrogens is 2. The molecule has 0 unspecified atom stereocenters. The lowest BCUT2D eigenvalue weighted by Crippen LogP contribution is -2.10. The zero-order valence-electron chi connectivity index (χ0n) is 19.2. The summed E-state index contributed by atoms with van der Waals surface area (Å²) in [5.74, 6) is -0.268. The van der Waals surface area contributed by atoms with Crippen molar-refractivity contribution < 1.29 is 4.39 Å². The van der Waals surface area contributed by atoms with Crippen LogP contribution in [0.1, 0.15) is 5.56 Å². The second kappa shape index (κ2) is 8.41. The van der Waals surface area contributed by atoms with Crippen molar-refractivity contribution in [3.63, 3.8) is 0 Å². The Hall–Kier alpha value is -4.43. The molecule has 0 spiro atoms. The van der Waals surface area contributed by atoms with Gasteiger partial charge in [0.15, 0.2) is 0 Å². The second-order valence-corrected chi connectivity index (χ2v) is 8.82. The molecule has 0 bridgehead atoms. The van der Waals surface area contributed by atoms with Crippen LogP contribution in [0.2, 0.25) is 0 Å². The van der Waals surface area contributed by atoms with E-state index >= 15 is 0 Å². The highest BCUT2D eigenvalue weighted by atomic mass is 19.1. The summed E-state index contributed by atoms with van der Waals surface area (Å²) in [7, 11) is 4.07. The molecule has 5 heterocycles. The number of nitrogens with zero attached hydrogens (tertiary/aromatic N) is 5. The van der Waals surface area contributed by atoms with Crippen molar-refractivity contribution in [3.8, 4) is 33.8 Å². The molecule has 0 amide bonds. The van der Waals surface area contributed by atoms with E-state index in [0.717, 1.165) is 67.8 Å². The van der Waals surface area contributed by atoms with Gasteiger partial charge in [-0.05, 0) is 61.6 Å². The number of halogens is 1. The zero-order chi connectivity index (χ0) is 23.9. The number of hydrogen-bond acceptors (Lipinski definition) is 5. The fourth-order valence-electron chi connectivity index (χ4n) is 4.36. The molecule has 0 aliphatic heterocycles. The van der Waals surface area contributed by atoms with Crippen LogP contribution in [0.3, 0.4) is 0 Å². The molecular weight excluding hydrogens is 441 g/mol. The van der Waals surface area contributed by atoms with Crippen LogP contribution in [0.15, 0.2) is 73.3 Å². The molecule has 7 nitrogen and oxygen atoms in total. The molecule has 0 radical (unpaired) electrons. The van der Waals surface area contributed by atoms with Crippen molar-refractivity contribution in [1.29, 1.82) is 0 Å². The molecule has 35 heavy (non-hydrogen) atoms. The van der Waals surface area contributed by atoms with Crippen LogP contribution in [0.25, 0.3) is 55.7 Å². The van der Waals surface area contributed by atoms with Gasteiger partial charge in [0.2, 0.25) is 0 Å². The first-order chi connectivity index (χ1) is 17.0. The summed E-state index contributed by atoms with van der Waals surface area (Å²) in [5, 5.41) is 8.62. The lowest BCUT2D eigenvalue weighted by molar-refractivity contribution is 0.402. The summed E-state index contributed by atoms with van der Waals surface area (Å²) < 4.78 is 13.4.